The van der Waals surface area contributed by atoms with Crippen molar-refractivity contribution in [2.45, 2.75) is 47.1 Å². The second kappa shape index (κ2) is 7.67. The van der Waals surface area contributed by atoms with E-state index in [4.69, 9.17) is 9.84 Å². The second-order valence-corrected chi connectivity index (χ2v) is 5.48. The van der Waals surface area contributed by atoms with Crippen molar-refractivity contribution in [3.63, 3.8) is 0 Å². The van der Waals surface area contributed by atoms with Crippen LogP contribution in [0.3, 0.4) is 0 Å². The zero-order valence-corrected chi connectivity index (χ0v) is 11.7. The smallest absolute Gasteiger partial charge is 0.225 e. The Kier molecular flexibility index (Phi) is 7.39. The molecule has 4 nitrogen and oxygen atoms in total. The molecule has 17 heavy (non-hydrogen) atoms. The van der Waals surface area contributed by atoms with Crippen LogP contribution in [0.4, 0.5) is 0 Å². The fraction of sp³-hybridized carbons (Fsp3) is 0.923. The topological polar surface area (TPSA) is 58.6 Å². The van der Waals surface area contributed by atoms with Crippen LogP contribution in [0.25, 0.3) is 0 Å². The molecule has 1 unspecified atom stereocenters. The van der Waals surface area contributed by atoms with Crippen LogP contribution in [0.2, 0.25) is 0 Å². The van der Waals surface area contributed by atoms with Crippen LogP contribution in [-0.4, -0.2) is 36.9 Å². The second-order valence-electron chi connectivity index (χ2n) is 5.48. The van der Waals surface area contributed by atoms with Gasteiger partial charge in [-0.05, 0) is 19.3 Å². The van der Waals surface area contributed by atoms with E-state index in [0.29, 0.717) is 25.6 Å². The van der Waals surface area contributed by atoms with Gasteiger partial charge in [-0.15, -0.1) is 0 Å². The van der Waals surface area contributed by atoms with E-state index in [-0.39, 0.29) is 18.6 Å². The van der Waals surface area contributed by atoms with Gasteiger partial charge in [-0.1, -0.05) is 27.7 Å². The standard InChI is InChI=1S/C13H27NO3/c1-10(2)11(3)14-12(16)13(4,5)6-8-17-9-7-15/h10-11,15H,6-9H2,1-5H3,(H,14,16). The minimum absolute atomic E-state index is 0.0248. The van der Waals surface area contributed by atoms with Crippen LogP contribution in [0, 0.1) is 11.3 Å². The molecule has 2 N–H and O–H groups in total. The van der Waals surface area contributed by atoms with E-state index >= 15 is 0 Å². The molecule has 0 saturated heterocycles. The molecule has 0 aromatic heterocycles. The molecule has 4 heteroatoms. The van der Waals surface area contributed by atoms with E-state index in [1.165, 1.54) is 0 Å². The van der Waals surface area contributed by atoms with Gasteiger partial charge in [0.15, 0.2) is 0 Å². The number of aliphatic hydroxyl groups excluding tert-OH is 1. The molecular formula is C13H27NO3. The highest BCUT2D eigenvalue weighted by atomic mass is 16.5. The summed E-state index contributed by atoms with van der Waals surface area (Å²) >= 11 is 0. The van der Waals surface area contributed by atoms with Crippen LogP contribution in [0.15, 0.2) is 0 Å². The molecule has 0 aliphatic rings. The molecule has 0 radical (unpaired) electrons. The predicted molar refractivity (Wildman–Crippen MR) is 68.7 cm³/mol. The van der Waals surface area contributed by atoms with Crippen molar-refractivity contribution >= 4 is 5.91 Å². The van der Waals surface area contributed by atoms with Gasteiger partial charge in [0.2, 0.25) is 5.91 Å². The van der Waals surface area contributed by atoms with Crippen molar-refractivity contribution < 1.29 is 14.6 Å². The van der Waals surface area contributed by atoms with Crippen molar-refractivity contribution in [2.75, 3.05) is 19.8 Å². The molecule has 0 spiro atoms. The lowest BCUT2D eigenvalue weighted by Crippen LogP contribution is -2.44. The molecule has 0 heterocycles. The fourth-order valence-corrected chi connectivity index (χ4v) is 1.18. The van der Waals surface area contributed by atoms with Crippen molar-refractivity contribution in [3.05, 3.63) is 0 Å². The summed E-state index contributed by atoms with van der Waals surface area (Å²) in [6.07, 6.45) is 0.656. The Hall–Kier alpha value is -0.610. The van der Waals surface area contributed by atoms with Crippen LogP contribution in [-0.2, 0) is 9.53 Å². The van der Waals surface area contributed by atoms with Crippen LogP contribution in [0.1, 0.15) is 41.0 Å². The van der Waals surface area contributed by atoms with Gasteiger partial charge in [0.05, 0.1) is 13.2 Å². The Morgan fingerprint density at radius 1 is 1.29 bits per heavy atom. The largest absolute Gasteiger partial charge is 0.394 e. The Morgan fingerprint density at radius 2 is 1.88 bits per heavy atom. The monoisotopic (exact) mass is 245 g/mol. The number of ether oxygens (including phenoxy) is 1. The minimum atomic E-state index is -0.432. The molecule has 0 aromatic rings. The summed E-state index contributed by atoms with van der Waals surface area (Å²) in [5.74, 6) is 0.492. The van der Waals surface area contributed by atoms with E-state index in [2.05, 4.69) is 19.2 Å². The first kappa shape index (κ1) is 16.4. The van der Waals surface area contributed by atoms with E-state index in [9.17, 15) is 4.79 Å². The SMILES string of the molecule is CC(C)C(C)NC(=O)C(C)(C)CCOCCO. The van der Waals surface area contributed by atoms with Crippen molar-refractivity contribution in [3.8, 4) is 0 Å². The number of rotatable bonds is 8. The van der Waals surface area contributed by atoms with Gasteiger partial charge in [-0.2, -0.15) is 0 Å². The maximum Gasteiger partial charge on any atom is 0.225 e. The minimum Gasteiger partial charge on any atom is -0.394 e. The van der Waals surface area contributed by atoms with Crippen molar-refractivity contribution in [2.24, 2.45) is 11.3 Å². The summed E-state index contributed by atoms with van der Waals surface area (Å²) in [4.78, 5) is 12.0. The molecule has 0 aliphatic carbocycles. The van der Waals surface area contributed by atoms with Crippen molar-refractivity contribution in [1.29, 1.82) is 0 Å². The summed E-state index contributed by atoms with van der Waals surface area (Å²) in [5.41, 5.74) is -0.432. The highest BCUT2D eigenvalue weighted by Gasteiger charge is 2.28. The molecular weight excluding hydrogens is 218 g/mol. The average Bonchev–Trinajstić information content (AvgIpc) is 2.24. The van der Waals surface area contributed by atoms with Gasteiger partial charge in [-0.3, -0.25) is 4.79 Å². The van der Waals surface area contributed by atoms with Gasteiger partial charge in [0.1, 0.15) is 0 Å². The van der Waals surface area contributed by atoms with Gasteiger partial charge < -0.3 is 15.2 Å². The number of nitrogens with one attached hydrogen (secondary N) is 1. The summed E-state index contributed by atoms with van der Waals surface area (Å²) in [6.45, 7) is 10.9. The lowest BCUT2D eigenvalue weighted by atomic mass is 9.88. The first-order valence-corrected chi connectivity index (χ1v) is 6.31. The maximum atomic E-state index is 12.0. The van der Waals surface area contributed by atoms with Gasteiger partial charge >= 0.3 is 0 Å². The summed E-state index contributed by atoms with van der Waals surface area (Å²) in [6, 6.07) is 0.181. The highest BCUT2D eigenvalue weighted by molar-refractivity contribution is 5.82. The lowest BCUT2D eigenvalue weighted by Gasteiger charge is -2.27. The summed E-state index contributed by atoms with van der Waals surface area (Å²) in [7, 11) is 0. The first-order valence-electron chi connectivity index (χ1n) is 6.31. The van der Waals surface area contributed by atoms with E-state index in [0.717, 1.165) is 0 Å². The average molecular weight is 245 g/mol. The van der Waals surface area contributed by atoms with Gasteiger partial charge in [0, 0.05) is 18.1 Å². The third-order valence-corrected chi connectivity index (χ3v) is 3.08. The third-order valence-electron chi connectivity index (χ3n) is 3.08. The fourth-order valence-electron chi connectivity index (χ4n) is 1.18. The third kappa shape index (κ3) is 6.64. The van der Waals surface area contributed by atoms with E-state index < -0.39 is 5.41 Å². The quantitative estimate of drug-likeness (QED) is 0.638. The lowest BCUT2D eigenvalue weighted by molar-refractivity contribution is -0.131. The number of hydrogen-bond donors (Lipinski definition) is 2. The Balaban J connectivity index is 4.06. The summed E-state index contributed by atoms with van der Waals surface area (Å²) < 4.78 is 5.19. The number of carbonyl (C=O) groups excluding carboxylic acids is 1. The molecule has 0 saturated carbocycles. The molecule has 0 aromatic carbocycles. The van der Waals surface area contributed by atoms with Crippen molar-refractivity contribution in [1.82, 2.24) is 5.32 Å². The van der Waals surface area contributed by atoms with Crippen LogP contribution >= 0.6 is 0 Å². The Labute approximate surface area is 105 Å². The molecule has 102 valence electrons. The normalized spacial score (nSPS) is 13.8. The van der Waals surface area contributed by atoms with E-state index in [1.54, 1.807) is 0 Å². The zero-order valence-electron chi connectivity index (χ0n) is 11.7. The number of aliphatic hydroxyl groups is 1. The van der Waals surface area contributed by atoms with Gasteiger partial charge in [-0.25, -0.2) is 0 Å². The molecule has 0 aliphatic heterocycles. The zero-order chi connectivity index (χ0) is 13.5. The number of carbonyl (C=O) groups is 1. The Bertz CT molecular complexity index is 227. The maximum absolute atomic E-state index is 12.0. The van der Waals surface area contributed by atoms with Crippen LogP contribution in [0.5, 0.6) is 0 Å². The van der Waals surface area contributed by atoms with Crippen LogP contribution < -0.4 is 5.32 Å². The van der Waals surface area contributed by atoms with E-state index in [1.807, 2.05) is 20.8 Å². The summed E-state index contributed by atoms with van der Waals surface area (Å²) in [5, 5.41) is 11.6. The molecule has 0 fully saturated rings. The number of hydrogen-bond acceptors (Lipinski definition) is 3. The Morgan fingerprint density at radius 3 is 2.35 bits per heavy atom. The molecule has 1 atom stereocenters. The first-order chi connectivity index (χ1) is 7.81. The molecule has 0 bridgehead atoms. The molecule has 0 rings (SSSR count). The molecule has 1 amide bonds. The highest BCUT2D eigenvalue weighted by Crippen LogP contribution is 2.21. The number of amides is 1. The van der Waals surface area contributed by atoms with Gasteiger partial charge in [0.25, 0.3) is 0 Å². The predicted octanol–water partition coefficient (Wildman–Crippen LogP) is 1.57.